The lowest BCUT2D eigenvalue weighted by Gasteiger charge is -2.04. The van der Waals surface area contributed by atoms with Gasteiger partial charge < -0.3 is 9.26 Å². The summed E-state index contributed by atoms with van der Waals surface area (Å²) in [5.74, 6) is 3.46. The second kappa shape index (κ2) is 9.07. The summed E-state index contributed by atoms with van der Waals surface area (Å²) >= 11 is 1.67. The van der Waals surface area contributed by atoms with Crippen molar-refractivity contribution in [3.8, 4) is 23.2 Å². The molecule has 5 nitrogen and oxygen atoms in total. The zero-order chi connectivity index (χ0) is 18.2. The average Bonchev–Trinajstić information content (AvgIpc) is 3.17. The predicted octanol–water partition coefficient (Wildman–Crippen LogP) is 4.48. The molecule has 1 aromatic heterocycles. The third-order valence-corrected chi connectivity index (χ3v) is 4.70. The minimum atomic E-state index is 0.579. The topological polar surface area (TPSA) is 71.9 Å². The Kier molecular flexibility index (Phi) is 6.29. The number of rotatable bonds is 8. The molecule has 0 aliphatic rings. The van der Waals surface area contributed by atoms with Gasteiger partial charge in [-0.2, -0.15) is 10.2 Å². The van der Waals surface area contributed by atoms with Crippen LogP contribution in [0.4, 0.5) is 0 Å². The maximum Gasteiger partial charge on any atom is 0.236 e. The molecule has 0 spiro atoms. The van der Waals surface area contributed by atoms with Crippen LogP contribution in [0.25, 0.3) is 11.4 Å². The van der Waals surface area contributed by atoms with Crippen LogP contribution in [-0.4, -0.2) is 22.5 Å². The molecule has 0 bridgehead atoms. The van der Waals surface area contributed by atoms with Gasteiger partial charge in [-0.25, -0.2) is 0 Å². The molecule has 0 amide bonds. The van der Waals surface area contributed by atoms with Crippen molar-refractivity contribution in [2.75, 3.05) is 12.4 Å². The number of thioether (sulfide) groups is 1. The summed E-state index contributed by atoms with van der Waals surface area (Å²) in [7, 11) is 0. The predicted molar refractivity (Wildman–Crippen MR) is 102 cm³/mol. The standard InChI is InChI=1S/C20H19N3O2S/c1-2-15-3-7-17(8-4-15)20-22-19(25-23-20)14-26-12-11-24-18-9-5-16(13-21)6-10-18/h3-10H,2,11-12,14H2,1H3. The molecule has 3 aromatic rings. The lowest BCUT2D eigenvalue weighted by molar-refractivity contribution is 0.343. The molecule has 1 heterocycles. The maximum absolute atomic E-state index is 8.77. The van der Waals surface area contributed by atoms with Crippen LogP contribution in [0.3, 0.4) is 0 Å². The highest BCUT2D eigenvalue weighted by Crippen LogP contribution is 2.19. The molecule has 0 saturated carbocycles. The van der Waals surface area contributed by atoms with Gasteiger partial charge in [0.25, 0.3) is 0 Å². The number of ether oxygens (including phenoxy) is 1. The third kappa shape index (κ3) is 4.87. The van der Waals surface area contributed by atoms with E-state index in [1.54, 1.807) is 36.0 Å². The average molecular weight is 365 g/mol. The van der Waals surface area contributed by atoms with E-state index in [4.69, 9.17) is 14.5 Å². The van der Waals surface area contributed by atoms with Gasteiger partial charge in [0.2, 0.25) is 11.7 Å². The molecular formula is C20H19N3O2S. The van der Waals surface area contributed by atoms with Crippen LogP contribution in [0.5, 0.6) is 5.75 Å². The summed E-state index contributed by atoms with van der Waals surface area (Å²) in [5.41, 5.74) is 2.88. The first-order valence-electron chi connectivity index (χ1n) is 8.41. The Hall–Kier alpha value is -2.78. The SMILES string of the molecule is CCc1ccc(-c2noc(CSCCOc3ccc(C#N)cc3)n2)cc1. The van der Waals surface area contributed by atoms with Crippen molar-refractivity contribution in [2.45, 2.75) is 19.1 Å². The van der Waals surface area contributed by atoms with Crippen molar-refractivity contribution < 1.29 is 9.26 Å². The largest absolute Gasteiger partial charge is 0.493 e. The molecule has 0 radical (unpaired) electrons. The molecule has 0 unspecified atom stereocenters. The molecule has 26 heavy (non-hydrogen) atoms. The fraction of sp³-hybridized carbons (Fsp3) is 0.250. The number of nitriles is 1. The lowest BCUT2D eigenvalue weighted by Crippen LogP contribution is -2.00. The molecule has 0 aliphatic heterocycles. The third-order valence-electron chi connectivity index (χ3n) is 3.79. The van der Waals surface area contributed by atoms with Gasteiger partial charge in [-0.3, -0.25) is 0 Å². The van der Waals surface area contributed by atoms with Crippen molar-refractivity contribution in [1.82, 2.24) is 10.1 Å². The summed E-state index contributed by atoms with van der Waals surface area (Å²) in [6, 6.07) is 17.4. The first-order valence-corrected chi connectivity index (χ1v) is 9.56. The maximum atomic E-state index is 8.77. The molecule has 0 fully saturated rings. The van der Waals surface area contributed by atoms with Crippen LogP contribution >= 0.6 is 11.8 Å². The molecular weight excluding hydrogens is 346 g/mol. The van der Waals surface area contributed by atoms with Crippen molar-refractivity contribution in [3.63, 3.8) is 0 Å². The first kappa shape index (κ1) is 18.0. The molecule has 0 atom stereocenters. The van der Waals surface area contributed by atoms with Gasteiger partial charge in [-0.1, -0.05) is 36.3 Å². The van der Waals surface area contributed by atoms with Crippen LogP contribution in [0.2, 0.25) is 0 Å². The molecule has 0 N–H and O–H groups in total. The molecule has 0 aliphatic carbocycles. The van der Waals surface area contributed by atoms with Gasteiger partial charge in [-0.05, 0) is 36.2 Å². The number of aryl methyl sites for hydroxylation is 1. The van der Waals surface area contributed by atoms with E-state index >= 15 is 0 Å². The van der Waals surface area contributed by atoms with Crippen LogP contribution in [0.1, 0.15) is 23.9 Å². The van der Waals surface area contributed by atoms with Gasteiger partial charge in [0.05, 0.1) is 24.0 Å². The van der Waals surface area contributed by atoms with Gasteiger partial charge in [-0.15, -0.1) is 11.8 Å². The Morgan fingerprint density at radius 2 is 1.88 bits per heavy atom. The molecule has 0 saturated heterocycles. The molecule has 3 rings (SSSR count). The van der Waals surface area contributed by atoms with Crippen LogP contribution in [-0.2, 0) is 12.2 Å². The summed E-state index contributed by atoms with van der Waals surface area (Å²) in [5, 5.41) is 12.8. The van der Waals surface area contributed by atoms with Gasteiger partial charge in [0.15, 0.2) is 0 Å². The summed E-state index contributed by atoms with van der Waals surface area (Å²) in [6.45, 7) is 2.71. The van der Waals surface area contributed by atoms with Crippen molar-refractivity contribution >= 4 is 11.8 Å². The zero-order valence-corrected chi connectivity index (χ0v) is 15.3. The Labute approximate surface area is 157 Å². The highest BCUT2D eigenvalue weighted by molar-refractivity contribution is 7.98. The van der Waals surface area contributed by atoms with E-state index in [1.807, 2.05) is 12.1 Å². The minimum absolute atomic E-state index is 0.579. The number of hydrogen-bond acceptors (Lipinski definition) is 6. The quantitative estimate of drug-likeness (QED) is 0.548. The second-order valence-electron chi connectivity index (χ2n) is 5.60. The minimum Gasteiger partial charge on any atom is -0.493 e. The van der Waals surface area contributed by atoms with E-state index in [0.29, 0.717) is 29.6 Å². The normalized spacial score (nSPS) is 10.5. The number of nitrogens with zero attached hydrogens (tertiary/aromatic N) is 3. The smallest absolute Gasteiger partial charge is 0.236 e. The number of benzene rings is 2. The summed E-state index contributed by atoms with van der Waals surface area (Å²) in [4.78, 5) is 4.44. The van der Waals surface area contributed by atoms with E-state index in [-0.39, 0.29) is 0 Å². The summed E-state index contributed by atoms with van der Waals surface area (Å²) < 4.78 is 11.0. The Bertz CT molecular complexity index is 867. The zero-order valence-electron chi connectivity index (χ0n) is 14.5. The Morgan fingerprint density at radius 1 is 1.12 bits per heavy atom. The van der Waals surface area contributed by atoms with Crippen LogP contribution < -0.4 is 4.74 Å². The molecule has 132 valence electrons. The van der Waals surface area contributed by atoms with E-state index in [2.05, 4.69) is 35.3 Å². The first-order chi connectivity index (χ1) is 12.8. The highest BCUT2D eigenvalue weighted by Gasteiger charge is 2.08. The molecule has 2 aromatic carbocycles. The van der Waals surface area contributed by atoms with E-state index < -0.39 is 0 Å². The number of hydrogen-bond donors (Lipinski definition) is 0. The van der Waals surface area contributed by atoms with E-state index in [0.717, 1.165) is 23.5 Å². The van der Waals surface area contributed by atoms with Crippen molar-refractivity contribution in [2.24, 2.45) is 0 Å². The second-order valence-corrected chi connectivity index (χ2v) is 6.70. The monoisotopic (exact) mass is 365 g/mol. The fourth-order valence-electron chi connectivity index (χ4n) is 2.32. The van der Waals surface area contributed by atoms with Gasteiger partial charge >= 0.3 is 0 Å². The lowest BCUT2D eigenvalue weighted by atomic mass is 10.1. The highest BCUT2D eigenvalue weighted by atomic mass is 32.2. The van der Waals surface area contributed by atoms with Crippen LogP contribution in [0, 0.1) is 11.3 Å². The molecule has 6 heteroatoms. The van der Waals surface area contributed by atoms with Gasteiger partial charge in [0.1, 0.15) is 5.75 Å². The van der Waals surface area contributed by atoms with Crippen molar-refractivity contribution in [1.29, 1.82) is 5.26 Å². The Morgan fingerprint density at radius 3 is 2.58 bits per heavy atom. The Balaban J connectivity index is 1.42. The van der Waals surface area contributed by atoms with Crippen molar-refractivity contribution in [3.05, 3.63) is 65.5 Å². The number of aromatic nitrogens is 2. The van der Waals surface area contributed by atoms with E-state index in [1.165, 1.54) is 5.56 Å². The van der Waals surface area contributed by atoms with E-state index in [9.17, 15) is 0 Å². The van der Waals surface area contributed by atoms with Gasteiger partial charge in [0, 0.05) is 11.3 Å². The van der Waals surface area contributed by atoms with Crippen LogP contribution in [0.15, 0.2) is 53.1 Å². The fourth-order valence-corrected chi connectivity index (χ4v) is 2.96. The summed E-state index contributed by atoms with van der Waals surface area (Å²) in [6.07, 6.45) is 1.01.